The second-order valence-corrected chi connectivity index (χ2v) is 6.06. The van der Waals surface area contributed by atoms with E-state index in [4.69, 9.17) is 14.6 Å². The van der Waals surface area contributed by atoms with Gasteiger partial charge in [0.1, 0.15) is 0 Å². The molecule has 5 nitrogen and oxygen atoms in total. The fraction of sp³-hybridized carbons (Fsp3) is 0.350. The van der Waals surface area contributed by atoms with Crippen LogP contribution < -0.4 is 14.8 Å². The second-order valence-electron chi connectivity index (χ2n) is 6.06. The number of rotatable bonds is 9. The summed E-state index contributed by atoms with van der Waals surface area (Å²) < 4.78 is 11.3. The van der Waals surface area contributed by atoms with Crippen molar-refractivity contribution in [2.24, 2.45) is 0 Å². The molecule has 0 fully saturated rings. The first-order valence-electron chi connectivity index (χ1n) is 8.36. The van der Waals surface area contributed by atoms with Gasteiger partial charge in [0.2, 0.25) is 0 Å². The van der Waals surface area contributed by atoms with E-state index in [-0.39, 0.29) is 12.5 Å². The van der Waals surface area contributed by atoms with E-state index < -0.39 is 5.97 Å². The van der Waals surface area contributed by atoms with Crippen molar-refractivity contribution in [2.45, 2.75) is 39.3 Å². The molecule has 0 aliphatic rings. The Morgan fingerprint density at radius 3 is 2.64 bits per heavy atom. The lowest BCUT2D eigenvalue weighted by Gasteiger charge is -2.18. The van der Waals surface area contributed by atoms with Gasteiger partial charge in [0, 0.05) is 24.2 Å². The normalized spacial score (nSPS) is 10.6. The molecule has 0 spiro atoms. The van der Waals surface area contributed by atoms with E-state index in [0.717, 1.165) is 22.6 Å². The van der Waals surface area contributed by atoms with Crippen LogP contribution in [-0.4, -0.2) is 24.3 Å². The molecule has 0 saturated carbocycles. The first kappa shape index (κ1) is 18.6. The fourth-order valence-corrected chi connectivity index (χ4v) is 2.52. The minimum absolute atomic E-state index is 0.0504. The fourth-order valence-electron chi connectivity index (χ4n) is 2.52. The number of benzene rings is 2. The highest BCUT2D eigenvalue weighted by molar-refractivity contribution is 5.67. The number of aliphatic carboxylic acids is 1. The van der Waals surface area contributed by atoms with Crippen LogP contribution >= 0.6 is 0 Å². The molecule has 2 rings (SSSR count). The summed E-state index contributed by atoms with van der Waals surface area (Å²) >= 11 is 0. The summed E-state index contributed by atoms with van der Waals surface area (Å²) in [5.41, 5.74) is 2.95. The van der Waals surface area contributed by atoms with Crippen molar-refractivity contribution in [2.75, 3.05) is 12.4 Å². The van der Waals surface area contributed by atoms with E-state index in [2.05, 4.69) is 5.32 Å². The van der Waals surface area contributed by atoms with Crippen LogP contribution in [0.2, 0.25) is 0 Å². The topological polar surface area (TPSA) is 67.8 Å². The van der Waals surface area contributed by atoms with Gasteiger partial charge >= 0.3 is 5.97 Å². The van der Waals surface area contributed by atoms with Gasteiger partial charge in [0.15, 0.2) is 11.5 Å². The van der Waals surface area contributed by atoms with E-state index in [0.29, 0.717) is 18.7 Å². The van der Waals surface area contributed by atoms with Gasteiger partial charge in [-0.25, -0.2) is 0 Å². The molecule has 0 atom stereocenters. The molecule has 0 saturated heterocycles. The van der Waals surface area contributed by atoms with Crippen LogP contribution in [0.4, 0.5) is 5.69 Å². The molecule has 0 aliphatic heterocycles. The molecule has 2 aromatic carbocycles. The maximum atomic E-state index is 10.7. The molecule has 5 heteroatoms. The van der Waals surface area contributed by atoms with Crippen LogP contribution in [0.3, 0.4) is 0 Å². The number of para-hydroxylation sites is 1. The number of carboxylic acids is 1. The van der Waals surface area contributed by atoms with E-state index in [1.807, 2.05) is 56.3 Å². The van der Waals surface area contributed by atoms with Gasteiger partial charge in [-0.3, -0.25) is 4.79 Å². The molecule has 0 aromatic heterocycles. The van der Waals surface area contributed by atoms with Gasteiger partial charge < -0.3 is 19.9 Å². The molecule has 0 unspecified atom stereocenters. The zero-order chi connectivity index (χ0) is 18.2. The SMILES string of the molecule is COc1cccc(CNc2cccc(CCC(=O)O)c2)c1OC(C)C. The molecular formula is C20H25NO4. The number of anilines is 1. The van der Waals surface area contributed by atoms with Crippen LogP contribution in [-0.2, 0) is 17.8 Å². The van der Waals surface area contributed by atoms with Gasteiger partial charge in [-0.2, -0.15) is 0 Å². The Balaban J connectivity index is 2.10. The minimum Gasteiger partial charge on any atom is -0.493 e. The molecular weight excluding hydrogens is 318 g/mol. The molecule has 0 bridgehead atoms. The van der Waals surface area contributed by atoms with Gasteiger partial charge in [-0.15, -0.1) is 0 Å². The van der Waals surface area contributed by atoms with Gasteiger partial charge in [-0.05, 0) is 44.0 Å². The van der Waals surface area contributed by atoms with Crippen molar-refractivity contribution in [3.8, 4) is 11.5 Å². The average molecular weight is 343 g/mol. The standard InChI is InChI=1S/C20H25NO4/c1-14(2)25-20-16(7-5-9-18(20)24-3)13-21-17-8-4-6-15(12-17)10-11-19(22)23/h4-9,12,14,21H,10-11,13H2,1-3H3,(H,22,23). The van der Waals surface area contributed by atoms with Crippen LogP contribution in [0, 0.1) is 0 Å². The summed E-state index contributed by atoms with van der Waals surface area (Å²) in [4.78, 5) is 10.7. The van der Waals surface area contributed by atoms with Crippen molar-refractivity contribution in [1.29, 1.82) is 0 Å². The van der Waals surface area contributed by atoms with Crippen molar-refractivity contribution in [3.05, 3.63) is 53.6 Å². The predicted octanol–water partition coefficient (Wildman–Crippen LogP) is 4.11. The largest absolute Gasteiger partial charge is 0.493 e. The van der Waals surface area contributed by atoms with Crippen molar-refractivity contribution in [3.63, 3.8) is 0 Å². The molecule has 134 valence electrons. The Hall–Kier alpha value is -2.69. The number of ether oxygens (including phenoxy) is 2. The number of hydrogen-bond donors (Lipinski definition) is 2. The molecule has 0 aliphatic carbocycles. The molecule has 0 radical (unpaired) electrons. The van der Waals surface area contributed by atoms with Crippen LogP contribution in [0.15, 0.2) is 42.5 Å². The maximum Gasteiger partial charge on any atom is 0.303 e. The molecule has 0 heterocycles. The highest BCUT2D eigenvalue weighted by atomic mass is 16.5. The number of carbonyl (C=O) groups is 1. The molecule has 2 aromatic rings. The van der Waals surface area contributed by atoms with Crippen LogP contribution in [0.25, 0.3) is 0 Å². The lowest BCUT2D eigenvalue weighted by Crippen LogP contribution is -2.10. The Morgan fingerprint density at radius 1 is 1.20 bits per heavy atom. The summed E-state index contributed by atoms with van der Waals surface area (Å²) in [6.07, 6.45) is 0.701. The zero-order valence-electron chi connectivity index (χ0n) is 14.9. The number of nitrogens with one attached hydrogen (secondary N) is 1. The summed E-state index contributed by atoms with van der Waals surface area (Å²) in [6, 6.07) is 13.6. The van der Waals surface area contributed by atoms with Crippen LogP contribution in [0.5, 0.6) is 11.5 Å². The summed E-state index contributed by atoms with van der Waals surface area (Å²) in [5, 5.41) is 12.2. The number of hydrogen-bond acceptors (Lipinski definition) is 4. The third kappa shape index (κ3) is 5.71. The Kier molecular flexibility index (Phi) is 6.69. The second kappa shape index (κ2) is 8.97. The molecule has 0 amide bonds. The Labute approximate surface area is 148 Å². The third-order valence-corrected chi connectivity index (χ3v) is 3.67. The highest BCUT2D eigenvalue weighted by Crippen LogP contribution is 2.32. The lowest BCUT2D eigenvalue weighted by atomic mass is 10.1. The number of aryl methyl sites for hydroxylation is 1. The first-order valence-corrected chi connectivity index (χ1v) is 8.36. The maximum absolute atomic E-state index is 10.7. The van der Waals surface area contributed by atoms with Crippen molar-refractivity contribution < 1.29 is 19.4 Å². The van der Waals surface area contributed by atoms with Crippen LogP contribution in [0.1, 0.15) is 31.4 Å². The molecule has 25 heavy (non-hydrogen) atoms. The molecule has 2 N–H and O–H groups in total. The van der Waals surface area contributed by atoms with Gasteiger partial charge in [0.25, 0.3) is 0 Å². The Bertz CT molecular complexity index is 713. The first-order chi connectivity index (χ1) is 12.0. The smallest absolute Gasteiger partial charge is 0.303 e. The van der Waals surface area contributed by atoms with E-state index in [9.17, 15) is 4.79 Å². The Morgan fingerprint density at radius 2 is 1.96 bits per heavy atom. The van der Waals surface area contributed by atoms with E-state index >= 15 is 0 Å². The third-order valence-electron chi connectivity index (χ3n) is 3.67. The zero-order valence-corrected chi connectivity index (χ0v) is 14.9. The van der Waals surface area contributed by atoms with E-state index in [1.165, 1.54) is 0 Å². The minimum atomic E-state index is -0.787. The van der Waals surface area contributed by atoms with Gasteiger partial charge in [-0.1, -0.05) is 24.3 Å². The van der Waals surface area contributed by atoms with E-state index in [1.54, 1.807) is 7.11 Å². The predicted molar refractivity (Wildman–Crippen MR) is 98.5 cm³/mol. The monoisotopic (exact) mass is 343 g/mol. The highest BCUT2D eigenvalue weighted by Gasteiger charge is 2.12. The lowest BCUT2D eigenvalue weighted by molar-refractivity contribution is -0.136. The van der Waals surface area contributed by atoms with Crippen molar-refractivity contribution in [1.82, 2.24) is 0 Å². The van der Waals surface area contributed by atoms with Gasteiger partial charge in [0.05, 0.1) is 13.2 Å². The average Bonchev–Trinajstić information content (AvgIpc) is 2.59. The number of methoxy groups -OCH3 is 1. The summed E-state index contributed by atoms with van der Waals surface area (Å²) in [7, 11) is 1.63. The quantitative estimate of drug-likeness (QED) is 0.717. The number of carboxylic acid groups (broad SMARTS) is 1. The van der Waals surface area contributed by atoms with Crippen molar-refractivity contribution >= 4 is 11.7 Å². The summed E-state index contributed by atoms with van der Waals surface area (Å²) in [5.74, 6) is 0.669. The summed E-state index contributed by atoms with van der Waals surface area (Å²) in [6.45, 7) is 4.55.